The van der Waals surface area contributed by atoms with Gasteiger partial charge in [-0.15, -0.1) is 0 Å². The summed E-state index contributed by atoms with van der Waals surface area (Å²) in [6.45, 7) is 2.45. The fourth-order valence-corrected chi connectivity index (χ4v) is 2.79. The highest BCUT2D eigenvalue weighted by Crippen LogP contribution is 2.22. The average Bonchev–Trinajstić information content (AvgIpc) is 3.18. The predicted molar refractivity (Wildman–Crippen MR) is 91.8 cm³/mol. The third kappa shape index (κ3) is 2.81. The molecular weight excluding hydrogens is 372 g/mol. The number of nitrogens with one attached hydrogen (secondary N) is 1. The number of aromatic nitrogens is 4. The summed E-state index contributed by atoms with van der Waals surface area (Å²) >= 11 is 3.33. The Morgan fingerprint density at radius 1 is 1.29 bits per heavy atom. The summed E-state index contributed by atoms with van der Waals surface area (Å²) in [7, 11) is 0. The third-order valence-corrected chi connectivity index (χ3v) is 4.01. The zero-order chi connectivity index (χ0) is 17.1. The Labute approximate surface area is 146 Å². The first kappa shape index (κ1) is 16.0. The second-order valence-corrected chi connectivity index (χ2v) is 5.73. The molecule has 0 atom stereocenters. The molecule has 0 aliphatic heterocycles. The van der Waals surface area contributed by atoms with Crippen LogP contribution in [-0.2, 0) is 6.54 Å². The second-order valence-electron chi connectivity index (χ2n) is 4.88. The van der Waals surface area contributed by atoms with Crippen LogP contribution in [0, 0.1) is 11.3 Å². The largest absolute Gasteiger partial charge is 0.304 e. The van der Waals surface area contributed by atoms with E-state index in [4.69, 9.17) is 0 Å². The van der Waals surface area contributed by atoms with Gasteiger partial charge in [0.05, 0.1) is 22.6 Å². The minimum absolute atomic E-state index is 0.283. The first-order chi connectivity index (χ1) is 11.7. The molecule has 0 saturated heterocycles. The number of para-hydroxylation sites is 1. The van der Waals surface area contributed by atoms with Gasteiger partial charge in [0, 0.05) is 6.54 Å². The molecule has 0 spiro atoms. The number of hydrogen-bond acceptors (Lipinski definition) is 4. The lowest BCUT2D eigenvalue weighted by Crippen LogP contribution is -2.20. The van der Waals surface area contributed by atoms with Crippen LogP contribution in [-0.4, -0.2) is 25.5 Å². The van der Waals surface area contributed by atoms with Crippen molar-refractivity contribution in [2.45, 2.75) is 13.5 Å². The molecule has 0 saturated carbocycles. The van der Waals surface area contributed by atoms with Crippen LogP contribution in [0.5, 0.6) is 0 Å². The maximum atomic E-state index is 12.7. The first-order valence-electron chi connectivity index (χ1n) is 7.22. The molecule has 8 heteroatoms. The molecule has 0 aliphatic carbocycles. The van der Waals surface area contributed by atoms with Gasteiger partial charge in [-0.25, -0.2) is 4.68 Å². The lowest BCUT2D eigenvalue weighted by molar-refractivity contribution is 0.101. The van der Waals surface area contributed by atoms with Crippen molar-refractivity contribution in [3.63, 3.8) is 0 Å². The van der Waals surface area contributed by atoms with Crippen molar-refractivity contribution in [2.75, 3.05) is 5.32 Å². The molecule has 24 heavy (non-hydrogen) atoms. The summed E-state index contributed by atoms with van der Waals surface area (Å²) in [5.74, 6) is -0.0418. The minimum atomic E-state index is -0.365. The number of rotatable bonds is 4. The minimum Gasteiger partial charge on any atom is -0.304 e. The van der Waals surface area contributed by atoms with Gasteiger partial charge in [0.15, 0.2) is 5.82 Å². The number of anilines is 1. The molecule has 3 aromatic rings. The summed E-state index contributed by atoms with van der Waals surface area (Å²) in [6, 6.07) is 11.3. The van der Waals surface area contributed by atoms with Crippen LogP contribution >= 0.6 is 15.9 Å². The Morgan fingerprint density at radius 3 is 2.71 bits per heavy atom. The van der Waals surface area contributed by atoms with E-state index in [1.165, 1.54) is 10.9 Å². The van der Waals surface area contributed by atoms with Crippen molar-refractivity contribution >= 4 is 27.7 Å². The molecule has 1 amide bonds. The first-order valence-corrected chi connectivity index (χ1v) is 8.01. The fraction of sp³-hybridized carbons (Fsp3) is 0.125. The number of carbonyl (C=O) groups excluding carboxylic acids is 1. The van der Waals surface area contributed by atoms with E-state index in [0.717, 1.165) is 5.69 Å². The van der Waals surface area contributed by atoms with E-state index in [-0.39, 0.29) is 11.5 Å². The third-order valence-electron chi connectivity index (χ3n) is 3.43. The molecule has 120 valence electrons. The molecule has 2 heterocycles. The zero-order valence-electron chi connectivity index (χ0n) is 12.8. The number of amides is 1. The summed E-state index contributed by atoms with van der Waals surface area (Å²) in [6.07, 6.45) is 2.99. The molecule has 2 aromatic heterocycles. The number of hydrogen-bond donors (Lipinski definition) is 1. The Kier molecular flexibility index (Phi) is 4.44. The highest BCUT2D eigenvalue weighted by molar-refractivity contribution is 9.10. The van der Waals surface area contributed by atoms with E-state index in [9.17, 15) is 10.1 Å². The summed E-state index contributed by atoms with van der Waals surface area (Å²) in [5.41, 5.74) is 1.42. The van der Waals surface area contributed by atoms with Crippen molar-refractivity contribution < 1.29 is 4.79 Å². The second kappa shape index (κ2) is 6.68. The monoisotopic (exact) mass is 384 g/mol. The van der Waals surface area contributed by atoms with Gasteiger partial charge in [-0.1, -0.05) is 18.2 Å². The molecule has 7 nitrogen and oxygen atoms in total. The number of aryl methyl sites for hydroxylation is 1. The molecule has 1 aromatic carbocycles. The van der Waals surface area contributed by atoms with E-state index in [1.54, 1.807) is 10.9 Å². The number of nitriles is 1. The smallest absolute Gasteiger partial charge is 0.276 e. The van der Waals surface area contributed by atoms with Crippen LogP contribution in [0.25, 0.3) is 5.69 Å². The highest BCUT2D eigenvalue weighted by atomic mass is 79.9. The van der Waals surface area contributed by atoms with E-state index < -0.39 is 0 Å². The number of benzene rings is 1. The summed E-state index contributed by atoms with van der Waals surface area (Å²) in [4.78, 5) is 12.7. The summed E-state index contributed by atoms with van der Waals surface area (Å²) < 4.78 is 3.69. The quantitative estimate of drug-likeness (QED) is 0.748. The maximum absolute atomic E-state index is 12.7. The van der Waals surface area contributed by atoms with Crippen LogP contribution in [0.4, 0.5) is 5.82 Å². The molecule has 0 bridgehead atoms. The van der Waals surface area contributed by atoms with Crippen molar-refractivity contribution in [1.29, 1.82) is 5.26 Å². The molecular formula is C16H13BrN6O. The molecule has 3 rings (SSSR count). The predicted octanol–water partition coefficient (Wildman–Crippen LogP) is 2.98. The molecule has 1 N–H and O–H groups in total. The summed E-state index contributed by atoms with van der Waals surface area (Å²) in [5, 5.41) is 20.4. The Balaban J connectivity index is 2.01. The number of halogens is 1. The zero-order valence-corrected chi connectivity index (χ0v) is 14.4. The van der Waals surface area contributed by atoms with Crippen molar-refractivity contribution in [1.82, 2.24) is 19.6 Å². The van der Waals surface area contributed by atoms with Crippen molar-refractivity contribution in [3.8, 4) is 11.8 Å². The lowest BCUT2D eigenvalue weighted by Gasteiger charge is -2.10. The highest BCUT2D eigenvalue weighted by Gasteiger charge is 2.21. The van der Waals surface area contributed by atoms with Gasteiger partial charge >= 0.3 is 0 Å². The Morgan fingerprint density at radius 2 is 2.04 bits per heavy atom. The normalized spacial score (nSPS) is 10.4. The maximum Gasteiger partial charge on any atom is 0.276 e. The van der Waals surface area contributed by atoms with E-state index >= 15 is 0 Å². The molecule has 0 unspecified atom stereocenters. The number of nitrogens with zero attached hydrogens (tertiary/aromatic N) is 5. The van der Waals surface area contributed by atoms with E-state index in [0.29, 0.717) is 22.5 Å². The van der Waals surface area contributed by atoms with Crippen LogP contribution in [0.15, 0.2) is 47.2 Å². The van der Waals surface area contributed by atoms with Crippen molar-refractivity contribution in [3.05, 3.63) is 58.5 Å². The SMILES string of the molecule is CCn1ncc(Br)c1C(=O)Nc1c(C#N)cnn1-c1ccccc1. The van der Waals surface area contributed by atoms with Crippen LogP contribution in [0.2, 0.25) is 0 Å². The van der Waals surface area contributed by atoms with Crippen LogP contribution < -0.4 is 5.32 Å². The van der Waals surface area contributed by atoms with Crippen molar-refractivity contribution in [2.24, 2.45) is 0 Å². The van der Waals surface area contributed by atoms with Gasteiger partial charge in [0.25, 0.3) is 5.91 Å². The molecule has 0 radical (unpaired) electrons. The van der Waals surface area contributed by atoms with Gasteiger partial charge in [-0.2, -0.15) is 15.5 Å². The van der Waals surface area contributed by atoms with Crippen LogP contribution in [0.1, 0.15) is 23.0 Å². The van der Waals surface area contributed by atoms with Gasteiger partial charge in [-0.05, 0) is 35.0 Å². The molecule has 0 aliphatic rings. The van der Waals surface area contributed by atoms with E-state index in [1.807, 2.05) is 43.3 Å². The van der Waals surface area contributed by atoms with Gasteiger partial charge in [0.1, 0.15) is 17.3 Å². The Hall–Kier alpha value is -2.92. The van der Waals surface area contributed by atoms with Crippen LogP contribution in [0.3, 0.4) is 0 Å². The standard InChI is InChI=1S/C16H13BrN6O/c1-2-22-14(13(17)10-19-22)16(24)21-15-11(8-18)9-20-23(15)12-6-4-3-5-7-12/h3-7,9-10H,2H2,1H3,(H,21,24). The fourth-order valence-electron chi connectivity index (χ4n) is 2.31. The molecule has 0 fully saturated rings. The topological polar surface area (TPSA) is 88.5 Å². The van der Waals surface area contributed by atoms with Gasteiger partial charge in [-0.3, -0.25) is 9.48 Å². The average molecular weight is 385 g/mol. The van der Waals surface area contributed by atoms with Gasteiger partial charge in [0.2, 0.25) is 0 Å². The Bertz CT molecular complexity index is 922. The van der Waals surface area contributed by atoms with Gasteiger partial charge < -0.3 is 5.32 Å². The lowest BCUT2D eigenvalue weighted by atomic mass is 10.3. The number of carbonyl (C=O) groups is 1. The van der Waals surface area contributed by atoms with E-state index in [2.05, 4.69) is 31.4 Å².